The van der Waals surface area contributed by atoms with Crippen molar-refractivity contribution < 1.29 is 9.53 Å². The number of anilines is 1. The number of carbonyl (C=O) groups is 1. The van der Waals surface area contributed by atoms with Gasteiger partial charge in [-0.2, -0.15) is 5.10 Å². The molecular formula is C20H23N5O2S. The van der Waals surface area contributed by atoms with Crippen molar-refractivity contribution in [2.24, 2.45) is 0 Å². The van der Waals surface area contributed by atoms with Gasteiger partial charge in [0.05, 0.1) is 24.5 Å². The summed E-state index contributed by atoms with van der Waals surface area (Å²) >= 11 is 1.30. The van der Waals surface area contributed by atoms with Crippen molar-refractivity contribution in [1.82, 2.24) is 20.4 Å². The lowest BCUT2D eigenvalue weighted by Crippen LogP contribution is -2.58. The number of benzene rings is 1. The maximum Gasteiger partial charge on any atom is 0.263 e. The Morgan fingerprint density at radius 3 is 2.68 bits per heavy atom. The number of carbonyl (C=O) groups excluding carboxylic acids is 1. The van der Waals surface area contributed by atoms with Crippen LogP contribution in [0.25, 0.3) is 10.2 Å². The minimum absolute atomic E-state index is 0.129. The maximum absolute atomic E-state index is 12.7. The van der Waals surface area contributed by atoms with E-state index in [0.717, 1.165) is 42.0 Å². The van der Waals surface area contributed by atoms with E-state index in [4.69, 9.17) is 10.5 Å². The Balaban J connectivity index is 1.37. The fraction of sp³-hybridized carbons (Fsp3) is 0.350. The monoisotopic (exact) mass is 397 g/mol. The average molecular weight is 398 g/mol. The van der Waals surface area contributed by atoms with Crippen LogP contribution in [-0.4, -0.2) is 47.2 Å². The number of aryl methyl sites for hydroxylation is 2. The quantitative estimate of drug-likeness (QED) is 0.687. The first-order chi connectivity index (χ1) is 13.5. The Morgan fingerprint density at radius 2 is 2.00 bits per heavy atom. The van der Waals surface area contributed by atoms with Crippen LogP contribution in [0.4, 0.5) is 5.69 Å². The van der Waals surface area contributed by atoms with Crippen molar-refractivity contribution in [2.75, 3.05) is 25.9 Å². The number of thiophene rings is 1. The number of hydrogen-bond donors (Lipinski definition) is 2. The topological polar surface area (TPSA) is 93.4 Å². The second-order valence-electron chi connectivity index (χ2n) is 7.15. The van der Waals surface area contributed by atoms with E-state index >= 15 is 0 Å². The van der Waals surface area contributed by atoms with Crippen molar-refractivity contribution >= 4 is 33.1 Å². The summed E-state index contributed by atoms with van der Waals surface area (Å²) in [5, 5.41) is 12.2. The molecule has 146 valence electrons. The summed E-state index contributed by atoms with van der Waals surface area (Å²) in [7, 11) is 1.66. The summed E-state index contributed by atoms with van der Waals surface area (Å²) in [6, 6.07) is 8.18. The van der Waals surface area contributed by atoms with Crippen LogP contribution in [0.5, 0.6) is 5.75 Å². The molecule has 0 atom stereocenters. The molecule has 1 aliphatic heterocycles. The van der Waals surface area contributed by atoms with Gasteiger partial charge in [0, 0.05) is 25.0 Å². The molecule has 1 amide bonds. The number of likely N-dealkylation sites (tertiary alicyclic amines) is 1. The van der Waals surface area contributed by atoms with Gasteiger partial charge in [0.25, 0.3) is 5.91 Å². The smallest absolute Gasteiger partial charge is 0.263 e. The summed E-state index contributed by atoms with van der Waals surface area (Å²) in [6.07, 6.45) is 0. The Kier molecular flexibility index (Phi) is 4.91. The van der Waals surface area contributed by atoms with E-state index < -0.39 is 0 Å². The number of hydrogen-bond acceptors (Lipinski definition) is 7. The molecule has 1 saturated heterocycles. The molecule has 3 heterocycles. The molecule has 0 bridgehead atoms. The Hall–Kier alpha value is -2.71. The number of amides is 1. The van der Waals surface area contributed by atoms with Crippen LogP contribution >= 0.6 is 11.3 Å². The first kappa shape index (κ1) is 18.6. The third-order valence-electron chi connectivity index (χ3n) is 5.20. The van der Waals surface area contributed by atoms with Gasteiger partial charge in [0.1, 0.15) is 15.5 Å². The van der Waals surface area contributed by atoms with E-state index in [1.165, 1.54) is 16.9 Å². The number of nitrogens with zero attached hydrogens (tertiary/aromatic N) is 3. The summed E-state index contributed by atoms with van der Waals surface area (Å²) in [4.78, 5) is 16.2. The van der Waals surface area contributed by atoms with E-state index in [-0.39, 0.29) is 11.9 Å². The maximum atomic E-state index is 12.7. The third kappa shape index (κ3) is 3.41. The second kappa shape index (κ2) is 7.37. The summed E-state index contributed by atoms with van der Waals surface area (Å²) < 4.78 is 5.18. The number of rotatable bonds is 5. The van der Waals surface area contributed by atoms with Gasteiger partial charge >= 0.3 is 0 Å². The Bertz CT molecular complexity index is 1030. The molecule has 28 heavy (non-hydrogen) atoms. The molecule has 0 saturated carbocycles. The lowest BCUT2D eigenvalue weighted by molar-refractivity contribution is 0.0799. The van der Waals surface area contributed by atoms with E-state index in [2.05, 4.69) is 32.5 Å². The molecule has 0 spiro atoms. The zero-order valence-electron chi connectivity index (χ0n) is 16.2. The van der Waals surface area contributed by atoms with Crippen molar-refractivity contribution in [3.8, 4) is 5.75 Å². The molecule has 0 radical (unpaired) electrons. The van der Waals surface area contributed by atoms with Crippen LogP contribution in [0.2, 0.25) is 0 Å². The van der Waals surface area contributed by atoms with Gasteiger partial charge < -0.3 is 15.8 Å². The number of methoxy groups -OCH3 is 1. The van der Waals surface area contributed by atoms with Crippen LogP contribution in [0.3, 0.4) is 0 Å². The number of ether oxygens (including phenoxy) is 1. The summed E-state index contributed by atoms with van der Waals surface area (Å²) in [6.45, 7) is 6.35. The zero-order chi connectivity index (χ0) is 19.8. The lowest BCUT2D eigenvalue weighted by atomic mass is 10.1. The minimum Gasteiger partial charge on any atom is -0.497 e. The highest BCUT2D eigenvalue weighted by molar-refractivity contribution is 7.21. The van der Waals surface area contributed by atoms with Crippen LogP contribution in [0, 0.1) is 13.8 Å². The average Bonchev–Trinajstić information content (AvgIpc) is 3.00. The summed E-state index contributed by atoms with van der Waals surface area (Å²) in [5.41, 5.74) is 9.80. The molecule has 8 heteroatoms. The van der Waals surface area contributed by atoms with Crippen molar-refractivity contribution in [3.05, 3.63) is 46.0 Å². The van der Waals surface area contributed by atoms with Gasteiger partial charge in [-0.15, -0.1) is 16.4 Å². The fourth-order valence-corrected chi connectivity index (χ4v) is 4.44. The molecule has 1 aromatic carbocycles. The van der Waals surface area contributed by atoms with Gasteiger partial charge in [-0.1, -0.05) is 12.1 Å². The highest BCUT2D eigenvalue weighted by Gasteiger charge is 2.29. The van der Waals surface area contributed by atoms with Crippen molar-refractivity contribution in [1.29, 1.82) is 0 Å². The van der Waals surface area contributed by atoms with Crippen molar-refractivity contribution in [3.63, 3.8) is 0 Å². The number of aromatic nitrogens is 2. The number of nitrogens with one attached hydrogen (secondary N) is 1. The van der Waals surface area contributed by atoms with Gasteiger partial charge in [-0.05, 0) is 37.1 Å². The molecule has 4 rings (SSSR count). The highest BCUT2D eigenvalue weighted by Crippen LogP contribution is 2.34. The van der Waals surface area contributed by atoms with Gasteiger partial charge in [0.2, 0.25) is 0 Å². The molecule has 3 aromatic rings. The molecule has 7 nitrogen and oxygen atoms in total. The second-order valence-corrected chi connectivity index (χ2v) is 8.15. The predicted molar refractivity (Wildman–Crippen MR) is 111 cm³/mol. The van der Waals surface area contributed by atoms with Gasteiger partial charge in [0.15, 0.2) is 0 Å². The molecule has 0 unspecified atom stereocenters. The first-order valence-electron chi connectivity index (χ1n) is 9.14. The zero-order valence-corrected chi connectivity index (χ0v) is 17.0. The molecule has 1 fully saturated rings. The highest BCUT2D eigenvalue weighted by atomic mass is 32.1. The minimum atomic E-state index is -0.133. The van der Waals surface area contributed by atoms with Crippen molar-refractivity contribution in [2.45, 2.75) is 26.4 Å². The molecule has 3 N–H and O–H groups in total. The normalized spacial score (nSPS) is 14.8. The van der Waals surface area contributed by atoms with Crippen LogP contribution in [0.15, 0.2) is 24.3 Å². The molecular weight excluding hydrogens is 374 g/mol. The van der Waals surface area contributed by atoms with Gasteiger partial charge in [-0.3, -0.25) is 9.69 Å². The Morgan fingerprint density at radius 1 is 1.29 bits per heavy atom. The molecule has 1 aliphatic rings. The van der Waals surface area contributed by atoms with Crippen LogP contribution in [0.1, 0.15) is 26.5 Å². The van der Waals surface area contributed by atoms with E-state index in [9.17, 15) is 4.79 Å². The SMILES string of the molecule is COc1ccc(CN2CC(NC(=O)c3sc4nnc(C)c(C)c4c3N)C2)cc1. The lowest BCUT2D eigenvalue weighted by Gasteiger charge is -2.39. The van der Waals surface area contributed by atoms with E-state index in [1.807, 2.05) is 26.0 Å². The van der Waals surface area contributed by atoms with Crippen LogP contribution in [-0.2, 0) is 6.54 Å². The Labute approximate surface area is 167 Å². The number of fused-ring (bicyclic) bond motifs is 1. The van der Waals surface area contributed by atoms with E-state index in [0.29, 0.717) is 15.4 Å². The van der Waals surface area contributed by atoms with Crippen LogP contribution < -0.4 is 15.8 Å². The van der Waals surface area contributed by atoms with E-state index in [1.54, 1.807) is 7.11 Å². The number of nitrogen functional groups attached to an aromatic ring is 1. The largest absolute Gasteiger partial charge is 0.497 e. The van der Waals surface area contributed by atoms with Gasteiger partial charge in [-0.25, -0.2) is 0 Å². The molecule has 2 aromatic heterocycles. The third-order valence-corrected chi connectivity index (χ3v) is 6.29. The first-order valence-corrected chi connectivity index (χ1v) is 9.96. The summed E-state index contributed by atoms with van der Waals surface area (Å²) in [5.74, 6) is 0.722. The standard InChI is InChI=1S/C20H23N5O2S/c1-11-12(2)23-24-20-16(11)17(21)18(28-20)19(26)22-14-9-25(10-14)8-13-4-6-15(27-3)7-5-13/h4-7,14H,8-10,21H2,1-3H3,(H,22,26). The number of nitrogens with two attached hydrogens (primary N) is 1. The predicted octanol–water partition coefficient (Wildman–Crippen LogP) is 2.51. The fourth-order valence-electron chi connectivity index (χ4n) is 3.44. The molecule has 0 aliphatic carbocycles.